The van der Waals surface area contributed by atoms with Gasteiger partial charge in [-0.3, -0.25) is 9.10 Å². The van der Waals surface area contributed by atoms with Crippen LogP contribution in [-0.2, 0) is 21.2 Å². The Morgan fingerprint density at radius 2 is 1.63 bits per heavy atom. The lowest BCUT2D eigenvalue weighted by atomic mass is 9.96. The van der Waals surface area contributed by atoms with E-state index >= 15 is 0 Å². The number of halogens is 1. The zero-order valence-electron chi connectivity index (χ0n) is 21.4. The molecule has 0 bridgehead atoms. The van der Waals surface area contributed by atoms with Gasteiger partial charge in [-0.05, 0) is 84.1 Å². The summed E-state index contributed by atoms with van der Waals surface area (Å²) in [5.41, 5.74) is 1.50. The van der Waals surface area contributed by atoms with Gasteiger partial charge in [-0.15, -0.1) is 0 Å². The number of fused-ring (bicyclic) bond motifs is 1. The van der Waals surface area contributed by atoms with Crippen LogP contribution in [0.3, 0.4) is 0 Å². The fourth-order valence-corrected chi connectivity index (χ4v) is 5.74. The molecular weight excluding hydrogens is 503 g/mol. The Labute approximate surface area is 223 Å². The van der Waals surface area contributed by atoms with E-state index in [-0.39, 0.29) is 10.8 Å². The summed E-state index contributed by atoms with van der Waals surface area (Å²) in [6.45, 7) is 4.33. The molecule has 1 amide bonds. The number of nitrogens with zero attached hydrogens (tertiary/aromatic N) is 1. The first-order valence-electron chi connectivity index (χ1n) is 12.5. The summed E-state index contributed by atoms with van der Waals surface area (Å²) in [5.74, 6) is -0.275. The molecule has 0 radical (unpaired) electrons. The maximum Gasteiger partial charge on any atom is 0.264 e. The molecule has 0 fully saturated rings. The highest BCUT2D eigenvalue weighted by molar-refractivity contribution is 7.92. The van der Waals surface area contributed by atoms with Crippen LogP contribution in [0.1, 0.15) is 19.4 Å². The van der Waals surface area contributed by atoms with Crippen LogP contribution in [0.4, 0.5) is 10.1 Å². The van der Waals surface area contributed by atoms with Gasteiger partial charge in [0.05, 0.1) is 17.2 Å². The summed E-state index contributed by atoms with van der Waals surface area (Å²) in [5, 5.41) is 5.23. The van der Waals surface area contributed by atoms with Gasteiger partial charge in [-0.1, -0.05) is 49.4 Å². The van der Waals surface area contributed by atoms with E-state index in [0.29, 0.717) is 24.6 Å². The van der Waals surface area contributed by atoms with Crippen molar-refractivity contribution in [3.63, 3.8) is 0 Å². The highest BCUT2D eigenvalue weighted by Gasteiger charge is 2.27. The smallest absolute Gasteiger partial charge is 0.264 e. The summed E-state index contributed by atoms with van der Waals surface area (Å²) in [4.78, 5) is 12.9. The molecule has 4 aromatic carbocycles. The molecule has 0 spiro atoms. The molecule has 6 nitrogen and oxygen atoms in total. The lowest BCUT2D eigenvalue weighted by Gasteiger charge is -2.25. The molecule has 0 aliphatic rings. The van der Waals surface area contributed by atoms with Crippen molar-refractivity contribution in [1.29, 1.82) is 0 Å². The van der Waals surface area contributed by atoms with Crippen LogP contribution >= 0.6 is 0 Å². The van der Waals surface area contributed by atoms with Gasteiger partial charge < -0.3 is 10.1 Å². The lowest BCUT2D eigenvalue weighted by molar-refractivity contribution is -0.119. The molecule has 38 heavy (non-hydrogen) atoms. The second kappa shape index (κ2) is 12.1. The van der Waals surface area contributed by atoms with Gasteiger partial charge in [-0.2, -0.15) is 0 Å². The molecule has 0 saturated carbocycles. The third kappa shape index (κ3) is 6.50. The van der Waals surface area contributed by atoms with Crippen LogP contribution in [-0.4, -0.2) is 34.0 Å². The average Bonchev–Trinajstić information content (AvgIpc) is 2.92. The summed E-state index contributed by atoms with van der Waals surface area (Å²) < 4.78 is 46.9. The van der Waals surface area contributed by atoms with E-state index in [4.69, 9.17) is 4.74 Å². The molecular formula is C30H31FN2O4S. The number of anilines is 1. The average molecular weight is 535 g/mol. The van der Waals surface area contributed by atoms with Gasteiger partial charge in [0.25, 0.3) is 10.0 Å². The van der Waals surface area contributed by atoms with Crippen LogP contribution in [0.2, 0.25) is 0 Å². The van der Waals surface area contributed by atoms with E-state index < -0.39 is 28.3 Å². The Bertz CT molecular complexity index is 1480. The standard InChI is InChI=1S/C30H31FN2O4S/c1-3-37-27-15-13-26(14-16-27)33(38(35,36)28-17-11-25(31)12-18-28)21-30(34)32-20-22(2)19-24-9-6-8-23-7-4-5-10-29(23)24/h4-18,22H,3,19-21H2,1-2H3,(H,32,34). The van der Waals surface area contributed by atoms with E-state index in [1.54, 1.807) is 24.3 Å². The fourth-order valence-electron chi connectivity index (χ4n) is 4.32. The van der Waals surface area contributed by atoms with Gasteiger partial charge in [0.2, 0.25) is 5.91 Å². The van der Waals surface area contributed by atoms with Crippen molar-refractivity contribution in [3.8, 4) is 5.75 Å². The first-order valence-corrected chi connectivity index (χ1v) is 14.0. The zero-order chi connectivity index (χ0) is 27.1. The highest BCUT2D eigenvalue weighted by Crippen LogP contribution is 2.26. The number of amides is 1. The van der Waals surface area contributed by atoms with Crippen LogP contribution in [0.5, 0.6) is 5.75 Å². The SMILES string of the molecule is CCOc1ccc(N(CC(=O)NCC(C)Cc2cccc3ccccc23)S(=O)(=O)c2ccc(F)cc2)cc1. The van der Waals surface area contributed by atoms with Crippen LogP contribution in [0.15, 0.2) is 95.9 Å². The molecule has 4 aromatic rings. The lowest BCUT2D eigenvalue weighted by Crippen LogP contribution is -2.42. The minimum Gasteiger partial charge on any atom is -0.494 e. The van der Waals surface area contributed by atoms with Gasteiger partial charge >= 0.3 is 0 Å². The minimum absolute atomic E-state index is 0.107. The summed E-state index contributed by atoms with van der Waals surface area (Å²) in [7, 11) is -4.14. The third-order valence-electron chi connectivity index (χ3n) is 6.22. The van der Waals surface area contributed by atoms with E-state index in [9.17, 15) is 17.6 Å². The minimum atomic E-state index is -4.14. The van der Waals surface area contributed by atoms with Crippen molar-refractivity contribution in [2.24, 2.45) is 5.92 Å². The maximum atomic E-state index is 13.5. The monoisotopic (exact) mass is 534 g/mol. The second-order valence-corrected chi connectivity index (χ2v) is 11.0. The van der Waals surface area contributed by atoms with Gasteiger partial charge in [0.1, 0.15) is 18.1 Å². The zero-order valence-corrected chi connectivity index (χ0v) is 22.2. The topological polar surface area (TPSA) is 75.7 Å². The van der Waals surface area contributed by atoms with E-state index in [1.165, 1.54) is 28.5 Å². The van der Waals surface area contributed by atoms with Crippen molar-refractivity contribution in [3.05, 3.63) is 102 Å². The molecule has 1 unspecified atom stereocenters. The fraction of sp³-hybridized carbons (Fsp3) is 0.233. The first-order chi connectivity index (χ1) is 18.3. The summed E-state index contributed by atoms with van der Waals surface area (Å²) >= 11 is 0. The number of sulfonamides is 1. The van der Waals surface area contributed by atoms with Crippen molar-refractivity contribution in [1.82, 2.24) is 5.32 Å². The van der Waals surface area contributed by atoms with Crippen LogP contribution in [0, 0.1) is 11.7 Å². The molecule has 1 N–H and O–H groups in total. The molecule has 0 aliphatic heterocycles. The number of carbonyl (C=O) groups is 1. The Morgan fingerprint density at radius 1 is 0.947 bits per heavy atom. The molecule has 0 heterocycles. The highest BCUT2D eigenvalue weighted by atomic mass is 32.2. The Morgan fingerprint density at radius 3 is 2.34 bits per heavy atom. The predicted octanol–water partition coefficient (Wildman–Crippen LogP) is 5.57. The van der Waals surface area contributed by atoms with Crippen molar-refractivity contribution >= 4 is 32.4 Å². The number of hydrogen-bond donors (Lipinski definition) is 1. The number of rotatable bonds is 11. The van der Waals surface area contributed by atoms with Gasteiger partial charge in [-0.25, -0.2) is 12.8 Å². The largest absolute Gasteiger partial charge is 0.494 e. The van der Waals surface area contributed by atoms with Crippen molar-refractivity contribution in [2.45, 2.75) is 25.2 Å². The van der Waals surface area contributed by atoms with E-state index in [2.05, 4.69) is 29.6 Å². The maximum absolute atomic E-state index is 13.5. The quantitative estimate of drug-likeness (QED) is 0.273. The normalized spacial score (nSPS) is 12.2. The van der Waals surface area contributed by atoms with Crippen LogP contribution < -0.4 is 14.4 Å². The van der Waals surface area contributed by atoms with Crippen molar-refractivity contribution < 1.29 is 22.3 Å². The van der Waals surface area contributed by atoms with E-state index in [0.717, 1.165) is 22.9 Å². The Hall–Kier alpha value is -3.91. The number of hydrogen-bond acceptors (Lipinski definition) is 4. The molecule has 1 atom stereocenters. The van der Waals surface area contributed by atoms with E-state index in [1.807, 2.05) is 32.0 Å². The predicted molar refractivity (Wildman–Crippen MR) is 148 cm³/mol. The molecule has 0 saturated heterocycles. The van der Waals surface area contributed by atoms with Crippen molar-refractivity contribution in [2.75, 3.05) is 24.0 Å². The molecule has 4 rings (SSSR count). The molecule has 0 aliphatic carbocycles. The Kier molecular flexibility index (Phi) is 8.63. The summed E-state index contributed by atoms with van der Waals surface area (Å²) in [6, 6.07) is 25.4. The second-order valence-electron chi connectivity index (χ2n) is 9.14. The number of ether oxygens (including phenoxy) is 1. The summed E-state index contributed by atoms with van der Waals surface area (Å²) in [6.07, 6.45) is 0.762. The molecule has 8 heteroatoms. The number of benzene rings is 4. The number of nitrogens with one attached hydrogen (secondary N) is 1. The van der Waals surface area contributed by atoms with Crippen LogP contribution in [0.25, 0.3) is 10.8 Å². The first kappa shape index (κ1) is 27.1. The molecule has 0 aromatic heterocycles. The van der Waals surface area contributed by atoms with Gasteiger partial charge in [0, 0.05) is 6.54 Å². The Balaban J connectivity index is 1.49. The van der Waals surface area contributed by atoms with Gasteiger partial charge in [0.15, 0.2) is 0 Å². The number of carbonyl (C=O) groups excluding carboxylic acids is 1. The third-order valence-corrected chi connectivity index (χ3v) is 8.01. The molecule has 198 valence electrons.